The Kier molecular flexibility index (Phi) is 3.95. The molecule has 6 nitrogen and oxygen atoms in total. The fraction of sp³-hybridized carbons (Fsp3) is 0.625. The second kappa shape index (κ2) is 6.22. The second-order valence-electron chi connectivity index (χ2n) is 6.23. The van der Waals surface area contributed by atoms with Crippen molar-refractivity contribution in [2.24, 2.45) is 0 Å². The van der Waals surface area contributed by atoms with Gasteiger partial charge in [0.1, 0.15) is 0 Å². The van der Waals surface area contributed by atoms with Crippen LogP contribution in [-0.4, -0.2) is 52.2 Å². The Bertz CT molecular complexity index is 581. The highest BCUT2D eigenvalue weighted by Crippen LogP contribution is 2.24. The van der Waals surface area contributed by atoms with Crippen molar-refractivity contribution in [3.63, 3.8) is 0 Å². The fourth-order valence-corrected chi connectivity index (χ4v) is 3.56. The molecule has 0 atom stereocenters. The standard InChI is InChI=1S/C16H22N4O2/c1-2-5-13(4-1)20-9-7-19(8-10-20)12-15-17-18-16(22-15)14-6-3-11-21-14/h3,6,11,13H,1-2,4-5,7-10,12H2. The first kappa shape index (κ1) is 14.0. The maximum atomic E-state index is 5.69. The molecule has 6 heteroatoms. The van der Waals surface area contributed by atoms with Gasteiger partial charge in [-0.25, -0.2) is 0 Å². The SMILES string of the molecule is c1coc(-c2nnc(CN3CCN(C4CCCC4)CC3)o2)c1. The third kappa shape index (κ3) is 2.94. The minimum Gasteiger partial charge on any atom is -0.459 e. The highest BCUT2D eigenvalue weighted by atomic mass is 16.4. The van der Waals surface area contributed by atoms with Crippen LogP contribution in [0.2, 0.25) is 0 Å². The van der Waals surface area contributed by atoms with E-state index in [0.717, 1.165) is 38.8 Å². The average molecular weight is 302 g/mol. The van der Waals surface area contributed by atoms with E-state index in [4.69, 9.17) is 8.83 Å². The zero-order valence-corrected chi connectivity index (χ0v) is 12.8. The lowest BCUT2D eigenvalue weighted by molar-refractivity contribution is 0.0884. The van der Waals surface area contributed by atoms with E-state index >= 15 is 0 Å². The lowest BCUT2D eigenvalue weighted by Gasteiger charge is -2.37. The highest BCUT2D eigenvalue weighted by Gasteiger charge is 2.26. The van der Waals surface area contributed by atoms with Crippen molar-refractivity contribution in [2.45, 2.75) is 38.3 Å². The van der Waals surface area contributed by atoms with Gasteiger partial charge in [0.25, 0.3) is 5.89 Å². The van der Waals surface area contributed by atoms with Crippen molar-refractivity contribution >= 4 is 0 Å². The summed E-state index contributed by atoms with van der Waals surface area (Å²) in [6.45, 7) is 5.20. The van der Waals surface area contributed by atoms with E-state index in [1.807, 2.05) is 12.1 Å². The maximum Gasteiger partial charge on any atom is 0.283 e. The third-order valence-electron chi connectivity index (χ3n) is 4.81. The minimum absolute atomic E-state index is 0.463. The van der Waals surface area contributed by atoms with E-state index in [1.54, 1.807) is 6.26 Å². The summed E-state index contributed by atoms with van der Waals surface area (Å²) in [4.78, 5) is 5.05. The lowest BCUT2D eigenvalue weighted by Crippen LogP contribution is -2.49. The first-order chi connectivity index (χ1) is 10.9. The molecule has 0 aromatic carbocycles. The van der Waals surface area contributed by atoms with Crippen LogP contribution >= 0.6 is 0 Å². The molecule has 2 fully saturated rings. The molecule has 118 valence electrons. The Balaban J connectivity index is 1.31. The zero-order chi connectivity index (χ0) is 14.8. The summed E-state index contributed by atoms with van der Waals surface area (Å²) in [6.07, 6.45) is 7.19. The lowest BCUT2D eigenvalue weighted by atomic mass is 10.2. The first-order valence-corrected chi connectivity index (χ1v) is 8.21. The molecule has 22 heavy (non-hydrogen) atoms. The predicted molar refractivity (Wildman–Crippen MR) is 81.1 cm³/mol. The van der Waals surface area contributed by atoms with Gasteiger partial charge in [-0.3, -0.25) is 9.80 Å². The van der Waals surface area contributed by atoms with Gasteiger partial charge in [0.15, 0.2) is 5.76 Å². The monoisotopic (exact) mass is 302 g/mol. The first-order valence-electron chi connectivity index (χ1n) is 8.21. The van der Waals surface area contributed by atoms with E-state index in [2.05, 4.69) is 20.0 Å². The molecule has 0 unspecified atom stereocenters. The van der Waals surface area contributed by atoms with Gasteiger partial charge in [-0.05, 0) is 25.0 Å². The topological polar surface area (TPSA) is 58.5 Å². The van der Waals surface area contributed by atoms with Gasteiger partial charge in [0, 0.05) is 32.2 Å². The quantitative estimate of drug-likeness (QED) is 0.864. The molecule has 1 aliphatic heterocycles. The number of furan rings is 1. The summed E-state index contributed by atoms with van der Waals surface area (Å²) < 4.78 is 11.0. The van der Waals surface area contributed by atoms with Gasteiger partial charge in [0.2, 0.25) is 5.89 Å². The Morgan fingerprint density at radius 1 is 1.09 bits per heavy atom. The number of aromatic nitrogens is 2. The van der Waals surface area contributed by atoms with Crippen LogP contribution in [0.25, 0.3) is 11.7 Å². The van der Waals surface area contributed by atoms with Crippen LogP contribution in [0.3, 0.4) is 0 Å². The second-order valence-corrected chi connectivity index (χ2v) is 6.23. The van der Waals surface area contributed by atoms with Crippen LogP contribution in [-0.2, 0) is 6.54 Å². The van der Waals surface area contributed by atoms with Crippen molar-refractivity contribution in [3.05, 3.63) is 24.3 Å². The molecule has 2 aliphatic rings. The van der Waals surface area contributed by atoms with Crippen LogP contribution in [0.1, 0.15) is 31.6 Å². The van der Waals surface area contributed by atoms with E-state index in [9.17, 15) is 0 Å². The molecule has 0 N–H and O–H groups in total. The summed E-state index contributed by atoms with van der Waals surface area (Å²) >= 11 is 0. The van der Waals surface area contributed by atoms with Crippen LogP contribution in [0.15, 0.2) is 27.2 Å². The summed E-state index contributed by atoms with van der Waals surface area (Å²) in [5.74, 6) is 1.76. The van der Waals surface area contributed by atoms with Gasteiger partial charge in [-0.2, -0.15) is 0 Å². The Morgan fingerprint density at radius 2 is 1.91 bits per heavy atom. The van der Waals surface area contributed by atoms with Gasteiger partial charge in [-0.15, -0.1) is 10.2 Å². The third-order valence-corrected chi connectivity index (χ3v) is 4.81. The van der Waals surface area contributed by atoms with Gasteiger partial charge < -0.3 is 8.83 Å². The molecule has 1 saturated carbocycles. The molecule has 0 bridgehead atoms. The minimum atomic E-state index is 0.463. The van der Waals surface area contributed by atoms with E-state index in [0.29, 0.717) is 17.5 Å². The number of rotatable bonds is 4. The molecule has 1 aliphatic carbocycles. The normalized spacial score (nSPS) is 21.6. The van der Waals surface area contributed by atoms with Crippen LogP contribution in [0, 0.1) is 0 Å². The maximum absolute atomic E-state index is 5.69. The van der Waals surface area contributed by atoms with Crippen LogP contribution < -0.4 is 0 Å². The summed E-state index contributed by atoms with van der Waals surface area (Å²) in [6, 6.07) is 4.48. The Hall–Kier alpha value is -1.66. The van der Waals surface area contributed by atoms with E-state index in [1.165, 1.54) is 25.7 Å². The average Bonchev–Trinajstić information content (AvgIpc) is 3.30. The van der Waals surface area contributed by atoms with Gasteiger partial charge >= 0.3 is 0 Å². The Morgan fingerprint density at radius 3 is 2.64 bits per heavy atom. The van der Waals surface area contributed by atoms with Crippen molar-refractivity contribution < 1.29 is 8.83 Å². The van der Waals surface area contributed by atoms with Gasteiger partial charge in [0.05, 0.1) is 12.8 Å². The van der Waals surface area contributed by atoms with Crippen molar-refractivity contribution in [3.8, 4) is 11.7 Å². The Labute approximate surface area is 130 Å². The molecule has 0 spiro atoms. The molecule has 2 aromatic heterocycles. The summed E-state index contributed by atoms with van der Waals surface area (Å²) in [7, 11) is 0. The smallest absolute Gasteiger partial charge is 0.283 e. The fourth-order valence-electron chi connectivity index (χ4n) is 3.56. The molecular weight excluding hydrogens is 280 g/mol. The van der Waals surface area contributed by atoms with Crippen LogP contribution in [0.4, 0.5) is 0 Å². The van der Waals surface area contributed by atoms with Crippen molar-refractivity contribution in [1.29, 1.82) is 0 Å². The van der Waals surface area contributed by atoms with E-state index < -0.39 is 0 Å². The van der Waals surface area contributed by atoms with Gasteiger partial charge in [-0.1, -0.05) is 12.8 Å². The predicted octanol–water partition coefficient (Wildman–Crippen LogP) is 2.39. The largest absolute Gasteiger partial charge is 0.459 e. The number of hydrogen-bond donors (Lipinski definition) is 0. The molecule has 2 aromatic rings. The highest BCUT2D eigenvalue weighted by molar-refractivity contribution is 5.42. The van der Waals surface area contributed by atoms with Crippen LogP contribution in [0.5, 0.6) is 0 Å². The number of nitrogens with zero attached hydrogens (tertiary/aromatic N) is 4. The molecular formula is C16H22N4O2. The number of hydrogen-bond acceptors (Lipinski definition) is 6. The molecule has 0 radical (unpaired) electrons. The molecule has 3 heterocycles. The molecule has 0 amide bonds. The molecule has 4 rings (SSSR count). The molecule has 1 saturated heterocycles. The number of piperazine rings is 1. The van der Waals surface area contributed by atoms with E-state index in [-0.39, 0.29) is 0 Å². The van der Waals surface area contributed by atoms with Crippen molar-refractivity contribution in [2.75, 3.05) is 26.2 Å². The summed E-state index contributed by atoms with van der Waals surface area (Å²) in [5, 5.41) is 8.19. The van der Waals surface area contributed by atoms with Crippen molar-refractivity contribution in [1.82, 2.24) is 20.0 Å². The summed E-state index contributed by atoms with van der Waals surface area (Å²) in [5.41, 5.74) is 0. The zero-order valence-electron chi connectivity index (χ0n) is 12.8.